The van der Waals surface area contributed by atoms with Gasteiger partial charge in [0.25, 0.3) is 0 Å². The maximum atomic E-state index is 5.72. The largest absolute Gasteiger partial charge is 0.399 e. The van der Waals surface area contributed by atoms with Gasteiger partial charge in [-0.2, -0.15) is 0 Å². The van der Waals surface area contributed by atoms with Crippen LogP contribution in [-0.4, -0.2) is 11.5 Å². The molecule has 0 fully saturated rings. The molecule has 0 radical (unpaired) electrons. The second kappa shape index (κ2) is 5.34. The number of aromatic nitrogens is 1. The van der Waals surface area contributed by atoms with E-state index in [9.17, 15) is 0 Å². The first-order valence-electron chi connectivity index (χ1n) is 5.81. The molecule has 88 valence electrons. The minimum absolute atomic E-state index is 0.771. The van der Waals surface area contributed by atoms with E-state index in [0.29, 0.717) is 0 Å². The van der Waals surface area contributed by atoms with Crippen LogP contribution in [0.25, 0.3) is 10.9 Å². The highest BCUT2D eigenvalue weighted by Gasteiger charge is 1.97. The van der Waals surface area contributed by atoms with Crippen LogP contribution in [0.2, 0.25) is 0 Å². The molecule has 1 aromatic heterocycles. The number of nitrogens with zero attached hydrogens (tertiary/aromatic N) is 1. The topological polar surface area (TPSA) is 50.9 Å². The molecule has 0 amide bonds. The van der Waals surface area contributed by atoms with Gasteiger partial charge in [-0.25, -0.2) is 4.98 Å². The van der Waals surface area contributed by atoms with E-state index in [-0.39, 0.29) is 0 Å². The van der Waals surface area contributed by atoms with Gasteiger partial charge in [0.05, 0.1) is 5.52 Å². The Kier molecular flexibility index (Phi) is 3.60. The van der Waals surface area contributed by atoms with Crippen molar-refractivity contribution in [2.24, 2.45) is 0 Å². The number of nitrogens with one attached hydrogen (secondary N) is 1. The summed E-state index contributed by atoms with van der Waals surface area (Å²) in [5.41, 5.74) is 7.46. The lowest BCUT2D eigenvalue weighted by molar-refractivity contribution is 1.05. The number of benzene rings is 1. The van der Waals surface area contributed by atoms with Gasteiger partial charge >= 0.3 is 0 Å². The Labute approximate surface area is 101 Å². The van der Waals surface area contributed by atoms with E-state index < -0.39 is 0 Å². The van der Waals surface area contributed by atoms with Crippen LogP contribution >= 0.6 is 0 Å². The molecule has 0 saturated carbocycles. The molecule has 17 heavy (non-hydrogen) atoms. The minimum atomic E-state index is 0.771. The molecule has 1 heterocycles. The first kappa shape index (κ1) is 11.5. The molecule has 0 aliphatic heterocycles. The van der Waals surface area contributed by atoms with Crippen LogP contribution < -0.4 is 11.1 Å². The quantitative estimate of drug-likeness (QED) is 0.479. The molecule has 3 nitrogen and oxygen atoms in total. The van der Waals surface area contributed by atoms with Gasteiger partial charge in [-0.15, -0.1) is 0 Å². The Morgan fingerprint density at radius 2 is 2.18 bits per heavy atom. The summed E-state index contributed by atoms with van der Waals surface area (Å²) in [4.78, 5) is 4.52. The van der Waals surface area contributed by atoms with Gasteiger partial charge in [0.2, 0.25) is 0 Å². The second-order valence-electron chi connectivity index (χ2n) is 3.93. The van der Waals surface area contributed by atoms with Crippen molar-refractivity contribution in [2.45, 2.75) is 13.3 Å². The molecule has 1 aromatic carbocycles. The van der Waals surface area contributed by atoms with Crippen molar-refractivity contribution in [3.63, 3.8) is 0 Å². The smallest absolute Gasteiger partial charge is 0.126 e. The van der Waals surface area contributed by atoms with Crippen molar-refractivity contribution in [2.75, 3.05) is 17.6 Å². The lowest BCUT2D eigenvalue weighted by Gasteiger charge is -2.05. The highest BCUT2D eigenvalue weighted by atomic mass is 15.0. The van der Waals surface area contributed by atoms with Gasteiger partial charge in [-0.1, -0.05) is 12.2 Å². The van der Waals surface area contributed by atoms with Crippen LogP contribution in [0.4, 0.5) is 11.5 Å². The summed E-state index contributed by atoms with van der Waals surface area (Å²) in [5.74, 6) is 0.909. The third-order valence-corrected chi connectivity index (χ3v) is 2.57. The number of hydrogen-bond acceptors (Lipinski definition) is 3. The van der Waals surface area contributed by atoms with Crippen molar-refractivity contribution in [1.29, 1.82) is 0 Å². The van der Waals surface area contributed by atoms with Crippen molar-refractivity contribution >= 4 is 22.4 Å². The molecule has 0 unspecified atom stereocenters. The average molecular weight is 227 g/mol. The van der Waals surface area contributed by atoms with E-state index in [1.165, 1.54) is 0 Å². The Morgan fingerprint density at radius 1 is 1.29 bits per heavy atom. The number of pyridine rings is 1. The summed E-state index contributed by atoms with van der Waals surface area (Å²) >= 11 is 0. The number of hydrogen-bond donors (Lipinski definition) is 2. The SMILES string of the molecule is C/C=C/CCNc1ccc2cc(N)ccc2n1. The Morgan fingerprint density at radius 3 is 3.00 bits per heavy atom. The molecule has 3 heteroatoms. The normalized spacial score (nSPS) is 11.1. The van der Waals surface area contributed by atoms with E-state index in [1.807, 2.05) is 37.3 Å². The highest BCUT2D eigenvalue weighted by Crippen LogP contribution is 2.17. The Hall–Kier alpha value is -2.03. The zero-order valence-corrected chi connectivity index (χ0v) is 9.98. The summed E-state index contributed by atoms with van der Waals surface area (Å²) in [6, 6.07) is 9.78. The minimum Gasteiger partial charge on any atom is -0.399 e. The van der Waals surface area contributed by atoms with Gasteiger partial charge in [0, 0.05) is 17.6 Å². The number of anilines is 2. The number of rotatable bonds is 4. The lowest BCUT2D eigenvalue weighted by Crippen LogP contribution is -2.02. The fourth-order valence-corrected chi connectivity index (χ4v) is 1.69. The predicted octanol–water partition coefficient (Wildman–Crippen LogP) is 3.20. The van der Waals surface area contributed by atoms with Crippen molar-refractivity contribution in [1.82, 2.24) is 4.98 Å². The third-order valence-electron chi connectivity index (χ3n) is 2.57. The molecule has 0 aliphatic carbocycles. The molecule has 0 bridgehead atoms. The summed E-state index contributed by atoms with van der Waals surface area (Å²) in [7, 11) is 0. The van der Waals surface area contributed by atoms with E-state index >= 15 is 0 Å². The standard InChI is InChI=1S/C14H17N3/c1-2-3-4-9-16-14-8-5-11-10-12(15)6-7-13(11)17-14/h2-3,5-8,10H,4,9,15H2,1H3,(H,16,17)/b3-2+. The van der Waals surface area contributed by atoms with Crippen molar-refractivity contribution in [3.05, 3.63) is 42.5 Å². The Balaban J connectivity index is 2.12. The molecule has 2 rings (SSSR count). The van der Waals surface area contributed by atoms with Crippen LogP contribution in [0.5, 0.6) is 0 Å². The molecule has 2 aromatic rings. The van der Waals surface area contributed by atoms with E-state index in [0.717, 1.165) is 35.4 Å². The summed E-state index contributed by atoms with van der Waals surface area (Å²) < 4.78 is 0. The monoisotopic (exact) mass is 227 g/mol. The number of fused-ring (bicyclic) bond motifs is 1. The molecular weight excluding hydrogens is 210 g/mol. The maximum Gasteiger partial charge on any atom is 0.126 e. The molecule has 0 spiro atoms. The lowest BCUT2D eigenvalue weighted by atomic mass is 10.2. The number of nitrogens with two attached hydrogens (primary N) is 1. The van der Waals surface area contributed by atoms with Crippen LogP contribution in [0, 0.1) is 0 Å². The van der Waals surface area contributed by atoms with Gasteiger partial charge in [0.1, 0.15) is 5.82 Å². The van der Waals surface area contributed by atoms with Crippen molar-refractivity contribution < 1.29 is 0 Å². The summed E-state index contributed by atoms with van der Waals surface area (Å²) in [6.45, 7) is 2.93. The summed E-state index contributed by atoms with van der Waals surface area (Å²) in [6.07, 6.45) is 5.20. The first-order chi connectivity index (χ1) is 8.29. The number of nitrogen functional groups attached to an aromatic ring is 1. The molecule has 3 N–H and O–H groups in total. The molecule has 0 atom stereocenters. The molecule has 0 saturated heterocycles. The average Bonchev–Trinajstić information content (AvgIpc) is 2.35. The first-order valence-corrected chi connectivity index (χ1v) is 5.81. The van der Waals surface area contributed by atoms with Gasteiger partial charge in [-0.3, -0.25) is 0 Å². The van der Waals surface area contributed by atoms with E-state index in [2.05, 4.69) is 22.5 Å². The number of allylic oxidation sites excluding steroid dienone is 1. The fraction of sp³-hybridized carbons (Fsp3) is 0.214. The molecule has 0 aliphatic rings. The second-order valence-corrected chi connectivity index (χ2v) is 3.93. The third kappa shape index (κ3) is 2.97. The molecular formula is C14H17N3. The highest BCUT2D eigenvalue weighted by molar-refractivity contribution is 5.83. The van der Waals surface area contributed by atoms with Crippen LogP contribution in [0.15, 0.2) is 42.5 Å². The predicted molar refractivity (Wildman–Crippen MR) is 74.1 cm³/mol. The zero-order valence-electron chi connectivity index (χ0n) is 9.98. The van der Waals surface area contributed by atoms with Crippen LogP contribution in [0.1, 0.15) is 13.3 Å². The zero-order chi connectivity index (χ0) is 12.1. The van der Waals surface area contributed by atoms with Gasteiger partial charge < -0.3 is 11.1 Å². The Bertz CT molecular complexity index is 532. The van der Waals surface area contributed by atoms with Gasteiger partial charge in [0.15, 0.2) is 0 Å². The fourth-order valence-electron chi connectivity index (χ4n) is 1.69. The maximum absolute atomic E-state index is 5.72. The van der Waals surface area contributed by atoms with Crippen LogP contribution in [0.3, 0.4) is 0 Å². The summed E-state index contributed by atoms with van der Waals surface area (Å²) in [5, 5.41) is 4.37. The van der Waals surface area contributed by atoms with Gasteiger partial charge in [-0.05, 0) is 43.7 Å². The van der Waals surface area contributed by atoms with E-state index in [1.54, 1.807) is 0 Å². The van der Waals surface area contributed by atoms with E-state index in [4.69, 9.17) is 5.73 Å². The van der Waals surface area contributed by atoms with Crippen LogP contribution in [-0.2, 0) is 0 Å². The van der Waals surface area contributed by atoms with Crippen molar-refractivity contribution in [3.8, 4) is 0 Å².